The molecule has 0 spiro atoms. The molecule has 0 aliphatic heterocycles. The Morgan fingerprint density at radius 3 is 2.22 bits per heavy atom. The first kappa shape index (κ1) is 20.4. The zero-order chi connectivity index (χ0) is 19.8. The molecule has 0 aliphatic carbocycles. The number of carbonyl (C=O) groups excluding carboxylic acids is 2. The Hall–Kier alpha value is -2.89. The van der Waals surface area contributed by atoms with E-state index in [0.29, 0.717) is 6.42 Å². The van der Waals surface area contributed by atoms with Crippen LogP contribution in [0.15, 0.2) is 42.5 Å². The van der Waals surface area contributed by atoms with Crippen LogP contribution in [0.1, 0.15) is 51.1 Å². The quantitative estimate of drug-likeness (QED) is 0.632. The topological polar surface area (TPSA) is 95.5 Å². The highest BCUT2D eigenvalue weighted by Crippen LogP contribution is 2.26. The highest BCUT2D eigenvalue weighted by atomic mass is 16.4. The minimum Gasteiger partial charge on any atom is -0.481 e. The lowest BCUT2D eigenvalue weighted by molar-refractivity contribution is -0.137. The van der Waals surface area contributed by atoms with Gasteiger partial charge in [0.15, 0.2) is 0 Å². The van der Waals surface area contributed by atoms with Gasteiger partial charge >= 0.3 is 5.97 Å². The largest absolute Gasteiger partial charge is 0.481 e. The lowest BCUT2D eigenvalue weighted by Gasteiger charge is -2.19. The molecule has 2 aromatic rings. The summed E-state index contributed by atoms with van der Waals surface area (Å²) in [5, 5.41) is 16.8. The second-order valence-corrected chi connectivity index (χ2v) is 6.86. The molecule has 27 heavy (non-hydrogen) atoms. The molecular weight excluding hydrogens is 344 g/mol. The molecule has 0 aromatic heterocycles. The molecule has 0 bridgehead atoms. The second-order valence-electron chi connectivity index (χ2n) is 6.86. The molecule has 2 rings (SSSR count). The third-order valence-corrected chi connectivity index (χ3v) is 4.17. The predicted molar refractivity (Wildman–Crippen MR) is 104 cm³/mol. The maximum atomic E-state index is 12.3. The number of carbonyl (C=O) groups is 3. The first-order valence-corrected chi connectivity index (χ1v) is 9.15. The Kier molecular flexibility index (Phi) is 7.34. The summed E-state index contributed by atoms with van der Waals surface area (Å²) in [4.78, 5) is 35.3. The van der Waals surface area contributed by atoms with E-state index in [1.807, 2.05) is 56.3 Å². The summed E-state index contributed by atoms with van der Waals surface area (Å²) in [6.07, 6.45) is 0.656. The average molecular weight is 370 g/mol. The van der Waals surface area contributed by atoms with Crippen molar-refractivity contribution in [3.63, 3.8) is 0 Å². The smallest absolute Gasteiger partial charge is 0.305 e. The van der Waals surface area contributed by atoms with Crippen LogP contribution in [0, 0.1) is 0 Å². The van der Waals surface area contributed by atoms with E-state index in [9.17, 15) is 19.5 Å². The van der Waals surface area contributed by atoms with Crippen LogP contribution < -0.4 is 10.6 Å². The van der Waals surface area contributed by atoms with E-state index in [0.717, 1.165) is 16.3 Å². The number of carboxylic acid groups (broad SMARTS) is 1. The molecule has 0 saturated heterocycles. The zero-order valence-electron chi connectivity index (χ0n) is 15.7. The van der Waals surface area contributed by atoms with E-state index >= 15 is 0 Å². The van der Waals surface area contributed by atoms with Gasteiger partial charge < -0.3 is 15.7 Å². The summed E-state index contributed by atoms with van der Waals surface area (Å²) >= 11 is 0. The first-order chi connectivity index (χ1) is 12.9. The maximum absolute atomic E-state index is 12.3. The summed E-state index contributed by atoms with van der Waals surface area (Å²) in [5.41, 5.74) is 0.779. The van der Waals surface area contributed by atoms with Crippen LogP contribution in [-0.2, 0) is 14.4 Å². The first-order valence-electron chi connectivity index (χ1n) is 9.15. The minimum atomic E-state index is -0.982. The van der Waals surface area contributed by atoms with Crippen LogP contribution in [0.4, 0.5) is 0 Å². The van der Waals surface area contributed by atoms with Crippen molar-refractivity contribution in [1.29, 1.82) is 0 Å². The van der Waals surface area contributed by atoms with Gasteiger partial charge in [-0.25, -0.2) is 0 Å². The molecule has 2 amide bonds. The number of hydrogen-bond donors (Lipinski definition) is 3. The Morgan fingerprint density at radius 2 is 1.56 bits per heavy atom. The van der Waals surface area contributed by atoms with Crippen LogP contribution >= 0.6 is 0 Å². The number of aliphatic carboxylic acids is 1. The van der Waals surface area contributed by atoms with Gasteiger partial charge in [0.05, 0.1) is 12.5 Å². The monoisotopic (exact) mass is 370 g/mol. The van der Waals surface area contributed by atoms with Crippen LogP contribution in [0.5, 0.6) is 0 Å². The molecule has 6 nitrogen and oxygen atoms in total. The SMILES string of the molecule is CC(C)NC(=O)CCCC(=O)N[C@H](CC(=O)O)c1cccc2ccccc12. The van der Waals surface area contributed by atoms with Gasteiger partial charge in [0.25, 0.3) is 0 Å². The molecule has 0 fully saturated rings. The summed E-state index contributed by atoms with van der Waals surface area (Å²) in [7, 11) is 0. The third kappa shape index (κ3) is 6.40. The Morgan fingerprint density at radius 1 is 0.926 bits per heavy atom. The van der Waals surface area contributed by atoms with E-state index in [2.05, 4.69) is 10.6 Å². The van der Waals surface area contributed by atoms with Crippen LogP contribution in [0.3, 0.4) is 0 Å². The Balaban J connectivity index is 2.05. The Bertz CT molecular complexity index is 811. The Labute approximate surface area is 159 Å². The molecule has 0 aliphatic rings. The molecule has 0 saturated carbocycles. The van der Waals surface area contributed by atoms with Gasteiger partial charge in [-0.15, -0.1) is 0 Å². The summed E-state index contributed by atoms with van der Waals surface area (Å²) < 4.78 is 0. The number of hydrogen-bond acceptors (Lipinski definition) is 3. The van der Waals surface area contributed by atoms with Crippen molar-refractivity contribution in [2.45, 2.75) is 51.6 Å². The number of carboxylic acids is 1. The molecule has 0 heterocycles. The number of amides is 2. The minimum absolute atomic E-state index is 0.0673. The van der Waals surface area contributed by atoms with Gasteiger partial charge in [-0.2, -0.15) is 0 Å². The zero-order valence-corrected chi connectivity index (χ0v) is 15.7. The van der Waals surface area contributed by atoms with Crippen molar-refractivity contribution in [2.75, 3.05) is 0 Å². The van der Waals surface area contributed by atoms with Gasteiger partial charge in [0.2, 0.25) is 11.8 Å². The summed E-state index contributed by atoms with van der Waals surface area (Å²) in [5.74, 6) is -1.33. The third-order valence-electron chi connectivity index (χ3n) is 4.17. The second kappa shape index (κ2) is 9.71. The van der Waals surface area contributed by atoms with Crippen LogP contribution in [0.2, 0.25) is 0 Å². The van der Waals surface area contributed by atoms with Crippen LogP contribution in [0.25, 0.3) is 10.8 Å². The fourth-order valence-electron chi connectivity index (χ4n) is 3.04. The molecule has 3 N–H and O–H groups in total. The van der Waals surface area contributed by atoms with Crippen molar-refractivity contribution >= 4 is 28.6 Å². The molecule has 144 valence electrons. The van der Waals surface area contributed by atoms with Gasteiger partial charge in [-0.1, -0.05) is 42.5 Å². The number of fused-ring (bicyclic) bond motifs is 1. The lowest BCUT2D eigenvalue weighted by Crippen LogP contribution is -2.31. The van der Waals surface area contributed by atoms with Crippen molar-refractivity contribution in [2.24, 2.45) is 0 Å². The molecular formula is C21H26N2O4. The number of nitrogens with one attached hydrogen (secondary N) is 2. The van der Waals surface area contributed by atoms with E-state index < -0.39 is 12.0 Å². The van der Waals surface area contributed by atoms with Crippen molar-refractivity contribution in [3.8, 4) is 0 Å². The molecule has 1 atom stereocenters. The highest BCUT2D eigenvalue weighted by Gasteiger charge is 2.20. The van der Waals surface area contributed by atoms with Gasteiger partial charge in [0.1, 0.15) is 0 Å². The lowest BCUT2D eigenvalue weighted by atomic mass is 9.96. The van der Waals surface area contributed by atoms with E-state index in [1.165, 1.54) is 0 Å². The van der Waals surface area contributed by atoms with Crippen molar-refractivity contribution in [1.82, 2.24) is 10.6 Å². The average Bonchev–Trinajstić information content (AvgIpc) is 2.59. The van der Waals surface area contributed by atoms with E-state index in [-0.39, 0.29) is 37.1 Å². The summed E-state index contributed by atoms with van der Waals surface area (Å²) in [6.45, 7) is 3.76. The normalized spacial score (nSPS) is 12.0. The molecule has 0 unspecified atom stereocenters. The van der Waals surface area contributed by atoms with Crippen molar-refractivity contribution < 1.29 is 19.5 Å². The molecule has 0 radical (unpaired) electrons. The summed E-state index contributed by atoms with van der Waals surface area (Å²) in [6, 6.07) is 12.8. The van der Waals surface area contributed by atoms with E-state index in [4.69, 9.17) is 0 Å². The van der Waals surface area contributed by atoms with E-state index in [1.54, 1.807) is 0 Å². The van der Waals surface area contributed by atoms with Gasteiger partial charge in [-0.05, 0) is 36.6 Å². The fourth-order valence-corrected chi connectivity index (χ4v) is 3.04. The van der Waals surface area contributed by atoms with Crippen molar-refractivity contribution in [3.05, 3.63) is 48.0 Å². The standard InChI is InChI=1S/C21H26N2O4/c1-14(2)22-19(24)11-6-12-20(25)23-18(13-21(26)27)17-10-5-8-15-7-3-4-9-16(15)17/h3-5,7-10,14,18H,6,11-13H2,1-2H3,(H,22,24)(H,23,25)(H,26,27)/t18-/m1/s1. The molecule has 6 heteroatoms. The van der Waals surface area contributed by atoms with Gasteiger partial charge in [0, 0.05) is 18.9 Å². The number of rotatable bonds is 9. The van der Waals surface area contributed by atoms with Crippen LogP contribution in [-0.4, -0.2) is 28.9 Å². The number of benzene rings is 2. The van der Waals surface area contributed by atoms with Gasteiger partial charge in [-0.3, -0.25) is 14.4 Å². The fraction of sp³-hybridized carbons (Fsp3) is 0.381. The predicted octanol–water partition coefficient (Wildman–Crippen LogP) is 3.17. The highest BCUT2D eigenvalue weighted by molar-refractivity contribution is 5.87. The molecule has 2 aromatic carbocycles. The maximum Gasteiger partial charge on any atom is 0.305 e.